The maximum atomic E-state index is 11.8. The van der Waals surface area contributed by atoms with Crippen molar-refractivity contribution in [1.82, 2.24) is 10.1 Å². The largest absolute Gasteiger partial charge is 0.466 e. The number of esters is 2. The number of aryl methyl sites for hydroxylation is 1. The first-order valence-corrected chi connectivity index (χ1v) is 8.66. The number of anilines is 1. The maximum Gasteiger partial charge on any atom is 0.354 e. The number of nitrogens with zero attached hydrogens (tertiary/aromatic N) is 2. The summed E-state index contributed by atoms with van der Waals surface area (Å²) in [5.41, 5.74) is 3.23. The summed E-state index contributed by atoms with van der Waals surface area (Å²) in [7, 11) is 2.44. The van der Waals surface area contributed by atoms with E-state index in [1.807, 2.05) is 31.2 Å². The van der Waals surface area contributed by atoms with Gasteiger partial charge in [0, 0.05) is 16.8 Å². The molecule has 0 aliphatic heterocycles. The summed E-state index contributed by atoms with van der Waals surface area (Å²) in [5.74, 6) is -0.509. The molecule has 0 spiro atoms. The number of nitrogens with one attached hydrogen (secondary N) is 1. The fraction of sp³-hybridized carbons (Fsp3) is 0.143. The Bertz CT molecular complexity index is 1040. The van der Waals surface area contributed by atoms with E-state index in [4.69, 9.17) is 4.52 Å². The smallest absolute Gasteiger partial charge is 0.354 e. The predicted octanol–water partition coefficient (Wildman–Crippen LogP) is 3.35. The van der Waals surface area contributed by atoms with Gasteiger partial charge >= 0.3 is 11.9 Å². The second kappa shape index (κ2) is 8.83. The molecule has 3 aromatic rings. The highest BCUT2D eigenvalue weighted by Crippen LogP contribution is 2.24. The molecule has 0 fully saturated rings. The zero-order valence-corrected chi connectivity index (χ0v) is 16.1. The van der Waals surface area contributed by atoms with Crippen LogP contribution in [0.15, 0.2) is 64.8 Å². The molecular weight excluding hydrogens is 374 g/mol. The molecule has 148 valence electrons. The summed E-state index contributed by atoms with van der Waals surface area (Å²) >= 11 is 0. The lowest BCUT2D eigenvalue weighted by Gasteiger charge is -2.09. The van der Waals surface area contributed by atoms with Crippen molar-refractivity contribution < 1.29 is 23.6 Å². The Balaban J connectivity index is 1.78. The molecule has 0 radical (unpaired) electrons. The van der Waals surface area contributed by atoms with Gasteiger partial charge in [0.1, 0.15) is 5.70 Å². The average Bonchev–Trinajstić information content (AvgIpc) is 3.23. The van der Waals surface area contributed by atoms with Crippen LogP contribution in [0.3, 0.4) is 0 Å². The summed E-state index contributed by atoms with van der Waals surface area (Å²) < 4.78 is 14.6. The first-order chi connectivity index (χ1) is 14.0. The van der Waals surface area contributed by atoms with Crippen molar-refractivity contribution in [3.05, 3.63) is 65.9 Å². The highest BCUT2D eigenvalue weighted by Gasteiger charge is 2.14. The topological polar surface area (TPSA) is 104 Å². The first-order valence-electron chi connectivity index (χ1n) is 8.66. The monoisotopic (exact) mass is 393 g/mol. The molecule has 1 N–H and O–H groups in total. The highest BCUT2D eigenvalue weighted by molar-refractivity contribution is 5.98. The molecule has 1 aromatic heterocycles. The van der Waals surface area contributed by atoms with E-state index < -0.39 is 11.9 Å². The molecule has 0 amide bonds. The predicted molar refractivity (Wildman–Crippen MR) is 106 cm³/mol. The van der Waals surface area contributed by atoms with Crippen LogP contribution in [0.2, 0.25) is 0 Å². The van der Waals surface area contributed by atoms with Gasteiger partial charge in [0.05, 0.1) is 20.3 Å². The number of hydrogen-bond acceptors (Lipinski definition) is 8. The Morgan fingerprint density at radius 3 is 2.24 bits per heavy atom. The van der Waals surface area contributed by atoms with Gasteiger partial charge in [0.2, 0.25) is 5.82 Å². The lowest BCUT2D eigenvalue weighted by Crippen LogP contribution is -2.15. The Morgan fingerprint density at radius 1 is 0.966 bits per heavy atom. The Kier molecular flexibility index (Phi) is 6.03. The van der Waals surface area contributed by atoms with Gasteiger partial charge in [-0.1, -0.05) is 35.0 Å². The standard InChI is InChI=1S/C21H19N3O5/c1-13-4-6-14(7-5-13)19-23-20(29-24-19)15-8-10-16(11-9-15)22-17(21(26)28-3)12-18(25)27-2/h4-12,22H,1-3H3/b17-12+. The van der Waals surface area contributed by atoms with Crippen LogP contribution in [0.25, 0.3) is 22.8 Å². The van der Waals surface area contributed by atoms with Gasteiger partial charge in [-0.2, -0.15) is 4.98 Å². The molecule has 3 rings (SSSR count). The van der Waals surface area contributed by atoms with E-state index in [9.17, 15) is 9.59 Å². The average molecular weight is 393 g/mol. The minimum atomic E-state index is -0.695. The van der Waals surface area contributed by atoms with Gasteiger partial charge in [-0.15, -0.1) is 0 Å². The number of carbonyl (C=O) groups excluding carboxylic acids is 2. The van der Waals surface area contributed by atoms with Gasteiger partial charge in [0.15, 0.2) is 0 Å². The molecule has 29 heavy (non-hydrogen) atoms. The highest BCUT2D eigenvalue weighted by atomic mass is 16.5. The van der Waals surface area contributed by atoms with Crippen molar-refractivity contribution in [2.75, 3.05) is 19.5 Å². The number of benzene rings is 2. The van der Waals surface area contributed by atoms with E-state index >= 15 is 0 Å². The van der Waals surface area contributed by atoms with Crippen LogP contribution in [0, 0.1) is 6.92 Å². The summed E-state index contributed by atoms with van der Waals surface area (Å²) in [4.78, 5) is 27.7. The fourth-order valence-corrected chi connectivity index (χ4v) is 2.45. The molecule has 0 saturated carbocycles. The van der Waals surface area contributed by atoms with Crippen LogP contribution in [-0.4, -0.2) is 36.3 Å². The first kappa shape index (κ1) is 19.8. The summed E-state index contributed by atoms with van der Waals surface area (Å²) in [6.07, 6.45) is 1.02. The van der Waals surface area contributed by atoms with E-state index in [0.29, 0.717) is 23.0 Å². The van der Waals surface area contributed by atoms with Crippen LogP contribution in [-0.2, 0) is 19.1 Å². The van der Waals surface area contributed by atoms with Crippen LogP contribution < -0.4 is 5.32 Å². The maximum absolute atomic E-state index is 11.8. The zero-order chi connectivity index (χ0) is 20.8. The second-order valence-corrected chi connectivity index (χ2v) is 6.06. The molecule has 0 saturated heterocycles. The van der Waals surface area contributed by atoms with E-state index in [2.05, 4.69) is 24.9 Å². The van der Waals surface area contributed by atoms with Crippen LogP contribution in [0.1, 0.15) is 5.56 Å². The van der Waals surface area contributed by atoms with E-state index in [0.717, 1.165) is 17.2 Å². The van der Waals surface area contributed by atoms with E-state index in [-0.39, 0.29) is 5.70 Å². The quantitative estimate of drug-likeness (QED) is 0.502. The minimum absolute atomic E-state index is 0.0495. The van der Waals surface area contributed by atoms with Crippen molar-refractivity contribution in [2.45, 2.75) is 6.92 Å². The van der Waals surface area contributed by atoms with Gasteiger partial charge in [-0.25, -0.2) is 9.59 Å². The van der Waals surface area contributed by atoms with Crippen molar-refractivity contribution in [3.63, 3.8) is 0 Å². The number of methoxy groups -OCH3 is 2. The van der Waals surface area contributed by atoms with Crippen molar-refractivity contribution in [3.8, 4) is 22.8 Å². The molecule has 0 unspecified atom stereocenters. The molecule has 8 nitrogen and oxygen atoms in total. The molecule has 0 aliphatic rings. The third kappa shape index (κ3) is 4.86. The third-order valence-corrected chi connectivity index (χ3v) is 4.02. The SMILES string of the molecule is COC(=O)/C=C(/Nc1ccc(-c2nc(-c3ccc(C)cc3)no2)cc1)C(=O)OC. The molecule has 0 aliphatic carbocycles. The van der Waals surface area contributed by atoms with E-state index in [1.54, 1.807) is 24.3 Å². The van der Waals surface area contributed by atoms with Gasteiger partial charge in [-0.05, 0) is 31.2 Å². The lowest BCUT2D eigenvalue weighted by atomic mass is 10.1. The van der Waals surface area contributed by atoms with Gasteiger partial charge < -0.3 is 19.3 Å². The van der Waals surface area contributed by atoms with Crippen LogP contribution >= 0.6 is 0 Å². The molecule has 2 aromatic carbocycles. The summed E-state index contributed by atoms with van der Waals surface area (Å²) in [5, 5.41) is 6.85. The van der Waals surface area contributed by atoms with Crippen molar-refractivity contribution in [1.29, 1.82) is 0 Å². The zero-order valence-electron chi connectivity index (χ0n) is 16.1. The fourth-order valence-electron chi connectivity index (χ4n) is 2.45. The van der Waals surface area contributed by atoms with Crippen molar-refractivity contribution in [2.24, 2.45) is 0 Å². The Hall–Kier alpha value is -3.94. The number of hydrogen-bond donors (Lipinski definition) is 1. The Morgan fingerprint density at radius 2 is 1.62 bits per heavy atom. The lowest BCUT2D eigenvalue weighted by molar-refractivity contribution is -0.138. The molecular formula is C21H19N3O5. The van der Waals surface area contributed by atoms with Crippen LogP contribution in [0.5, 0.6) is 0 Å². The minimum Gasteiger partial charge on any atom is -0.466 e. The number of ether oxygens (including phenoxy) is 2. The molecule has 0 atom stereocenters. The number of aromatic nitrogens is 2. The van der Waals surface area contributed by atoms with Crippen LogP contribution in [0.4, 0.5) is 5.69 Å². The Labute approximate surface area is 167 Å². The number of rotatable bonds is 6. The second-order valence-electron chi connectivity index (χ2n) is 6.06. The van der Waals surface area contributed by atoms with Gasteiger partial charge in [-0.3, -0.25) is 0 Å². The van der Waals surface area contributed by atoms with Crippen molar-refractivity contribution >= 4 is 17.6 Å². The summed E-state index contributed by atoms with van der Waals surface area (Å²) in [6, 6.07) is 14.7. The van der Waals surface area contributed by atoms with E-state index in [1.165, 1.54) is 14.2 Å². The summed E-state index contributed by atoms with van der Waals surface area (Å²) in [6.45, 7) is 2.01. The number of carbonyl (C=O) groups is 2. The molecule has 8 heteroatoms. The molecule has 0 bridgehead atoms. The van der Waals surface area contributed by atoms with Gasteiger partial charge in [0.25, 0.3) is 5.89 Å². The normalized spacial score (nSPS) is 11.1. The molecule has 1 heterocycles. The third-order valence-electron chi connectivity index (χ3n) is 4.02.